The van der Waals surface area contributed by atoms with Crippen molar-refractivity contribution in [3.63, 3.8) is 0 Å². The number of nitrogens with zero attached hydrogens (tertiary/aromatic N) is 5. The van der Waals surface area contributed by atoms with Gasteiger partial charge in [-0.25, -0.2) is 9.97 Å². The minimum Gasteiger partial charge on any atom is -0.382 e. The first-order valence-electron chi connectivity index (χ1n) is 11.6. The van der Waals surface area contributed by atoms with Crippen LogP contribution in [0.3, 0.4) is 0 Å². The molecule has 0 unspecified atom stereocenters. The minimum absolute atomic E-state index is 0.250. The largest absolute Gasteiger partial charge is 0.382 e. The molecule has 0 saturated carbocycles. The number of rotatable bonds is 4. The molecule has 0 spiro atoms. The van der Waals surface area contributed by atoms with Crippen molar-refractivity contribution in [2.75, 3.05) is 54.9 Å². The van der Waals surface area contributed by atoms with Crippen molar-refractivity contribution < 1.29 is 9.53 Å². The molecule has 34 heavy (non-hydrogen) atoms. The maximum atomic E-state index is 8.58. The van der Waals surface area contributed by atoms with Gasteiger partial charge >= 0.3 is 0 Å². The normalized spacial score (nSPS) is 15.9. The Balaban J connectivity index is 0.000000868. The number of benzene rings is 1. The average molecular weight is 462 g/mol. The minimum atomic E-state index is 0.250. The van der Waals surface area contributed by atoms with Crippen molar-refractivity contribution in [2.24, 2.45) is 5.73 Å². The maximum Gasteiger partial charge on any atom is 0.204 e. The molecule has 9 nitrogen and oxygen atoms in total. The van der Waals surface area contributed by atoms with E-state index in [4.69, 9.17) is 20.2 Å². The van der Waals surface area contributed by atoms with Crippen LogP contribution in [0.5, 0.6) is 0 Å². The van der Waals surface area contributed by atoms with Crippen LogP contribution in [0.25, 0.3) is 22.5 Å². The van der Waals surface area contributed by atoms with Crippen molar-refractivity contribution in [1.82, 2.24) is 15.0 Å². The lowest BCUT2D eigenvalue weighted by atomic mass is 10.1. The van der Waals surface area contributed by atoms with Gasteiger partial charge in [-0.3, -0.25) is 9.78 Å². The highest BCUT2D eigenvalue weighted by Crippen LogP contribution is 2.33. The monoisotopic (exact) mass is 461 g/mol. The second kappa shape index (κ2) is 11.4. The van der Waals surface area contributed by atoms with Crippen LogP contribution in [0.4, 0.5) is 17.2 Å². The molecule has 0 atom stereocenters. The zero-order valence-corrected chi connectivity index (χ0v) is 19.3. The fourth-order valence-electron chi connectivity index (χ4n) is 4.38. The molecule has 2 fully saturated rings. The molecule has 1 amide bonds. The van der Waals surface area contributed by atoms with Crippen molar-refractivity contribution in [2.45, 2.75) is 19.3 Å². The molecule has 9 heteroatoms. The zero-order valence-electron chi connectivity index (χ0n) is 19.3. The fraction of sp³-hybridized carbons (Fsp3) is 0.360. The summed E-state index contributed by atoms with van der Waals surface area (Å²) in [6, 6.07) is 10.6. The van der Waals surface area contributed by atoms with Gasteiger partial charge in [0.05, 0.1) is 25.1 Å². The number of primary amides is 1. The van der Waals surface area contributed by atoms with E-state index < -0.39 is 0 Å². The van der Waals surface area contributed by atoms with E-state index in [0.29, 0.717) is 24.7 Å². The third-order valence-corrected chi connectivity index (χ3v) is 6.09. The first kappa shape index (κ1) is 23.4. The predicted molar refractivity (Wildman–Crippen MR) is 134 cm³/mol. The molecule has 0 bridgehead atoms. The number of carbonyl (C=O) groups excluding carboxylic acids is 1. The summed E-state index contributed by atoms with van der Waals surface area (Å²) in [6.07, 6.45) is 9.50. The van der Waals surface area contributed by atoms with Crippen LogP contribution in [-0.4, -0.2) is 60.8 Å². The van der Waals surface area contributed by atoms with Gasteiger partial charge in [0, 0.05) is 61.1 Å². The highest BCUT2D eigenvalue weighted by atomic mass is 16.5. The van der Waals surface area contributed by atoms with Crippen LogP contribution >= 0.6 is 0 Å². The van der Waals surface area contributed by atoms with Crippen LogP contribution in [-0.2, 0) is 9.53 Å². The molecule has 1 aromatic carbocycles. The molecule has 2 aromatic heterocycles. The topological polar surface area (TPSA) is 123 Å². The molecule has 5 rings (SSSR count). The molecular formula is C25H31N7O2. The Morgan fingerprint density at radius 1 is 0.912 bits per heavy atom. The average Bonchev–Trinajstić information content (AvgIpc) is 2.91. The second-order valence-electron chi connectivity index (χ2n) is 8.21. The summed E-state index contributed by atoms with van der Waals surface area (Å²) in [7, 11) is 0. The van der Waals surface area contributed by atoms with Crippen molar-refractivity contribution in [3.05, 3.63) is 48.9 Å². The van der Waals surface area contributed by atoms with Gasteiger partial charge in [-0.1, -0.05) is 12.1 Å². The number of pyridine rings is 1. The number of nitrogens with two attached hydrogens (primary N) is 2. The van der Waals surface area contributed by atoms with Gasteiger partial charge in [-0.2, -0.15) is 0 Å². The Hall–Kier alpha value is -3.72. The SMILES string of the molecule is NC=O.Nc1ncc(-c2ccc(N3CCCCC3)cc2)nc1-c1cnccc1N1CCOCC1. The molecule has 4 N–H and O–H groups in total. The van der Waals surface area contributed by atoms with Crippen LogP contribution in [0.15, 0.2) is 48.9 Å². The molecule has 2 saturated heterocycles. The highest BCUT2D eigenvalue weighted by molar-refractivity contribution is 5.82. The third-order valence-electron chi connectivity index (χ3n) is 6.09. The van der Waals surface area contributed by atoms with Gasteiger partial charge in [0.1, 0.15) is 11.5 Å². The van der Waals surface area contributed by atoms with Gasteiger partial charge in [-0.15, -0.1) is 0 Å². The van der Waals surface area contributed by atoms with E-state index in [2.05, 4.69) is 49.8 Å². The van der Waals surface area contributed by atoms with Gasteiger partial charge in [0.2, 0.25) is 6.41 Å². The standard InChI is InChI=1S/C24H28N6O.CH3NO/c25-24-23(20-16-26-9-8-22(20)30-12-14-31-15-13-30)28-21(17-27-24)18-4-6-19(7-5-18)29-10-2-1-3-11-29;2-1-3/h4-9,16-17H,1-3,10-15H2,(H2,25,27);1H,(H2,2,3). The Kier molecular flexibility index (Phi) is 7.87. The number of nitrogen functional groups attached to an aromatic ring is 1. The van der Waals surface area contributed by atoms with E-state index in [9.17, 15) is 0 Å². The number of hydrogen-bond donors (Lipinski definition) is 2. The number of amides is 1. The number of carbonyl (C=O) groups is 1. The first-order valence-corrected chi connectivity index (χ1v) is 11.6. The summed E-state index contributed by atoms with van der Waals surface area (Å²) in [5.74, 6) is 0.413. The Labute approximate surface area is 199 Å². The zero-order chi connectivity index (χ0) is 23.8. The molecule has 0 aliphatic carbocycles. The second-order valence-corrected chi connectivity index (χ2v) is 8.21. The van der Waals surface area contributed by atoms with Crippen molar-refractivity contribution >= 4 is 23.6 Å². The van der Waals surface area contributed by atoms with E-state index in [1.807, 2.05) is 12.3 Å². The molecule has 3 aromatic rings. The lowest BCUT2D eigenvalue weighted by molar-refractivity contribution is -0.106. The van der Waals surface area contributed by atoms with Gasteiger partial charge in [0.25, 0.3) is 0 Å². The predicted octanol–water partition coefficient (Wildman–Crippen LogP) is 2.72. The van der Waals surface area contributed by atoms with Crippen LogP contribution in [0.1, 0.15) is 19.3 Å². The summed E-state index contributed by atoms with van der Waals surface area (Å²) in [4.78, 5) is 27.0. The molecule has 0 radical (unpaired) electrons. The number of ether oxygens (including phenoxy) is 1. The van der Waals surface area contributed by atoms with Crippen LogP contribution in [0, 0.1) is 0 Å². The van der Waals surface area contributed by atoms with E-state index >= 15 is 0 Å². The van der Waals surface area contributed by atoms with Crippen LogP contribution in [0.2, 0.25) is 0 Å². The molecule has 2 aliphatic rings. The maximum absolute atomic E-state index is 8.58. The number of hydrogen-bond acceptors (Lipinski definition) is 8. The summed E-state index contributed by atoms with van der Waals surface area (Å²) < 4.78 is 5.51. The van der Waals surface area contributed by atoms with Gasteiger partial charge in [-0.05, 0) is 37.5 Å². The summed E-state index contributed by atoms with van der Waals surface area (Å²) in [6.45, 7) is 5.37. The summed E-state index contributed by atoms with van der Waals surface area (Å²) >= 11 is 0. The summed E-state index contributed by atoms with van der Waals surface area (Å²) in [5, 5.41) is 0. The first-order chi connectivity index (χ1) is 16.7. The fourth-order valence-corrected chi connectivity index (χ4v) is 4.38. The van der Waals surface area contributed by atoms with E-state index in [1.54, 1.807) is 12.4 Å². The lowest BCUT2D eigenvalue weighted by Crippen LogP contribution is -2.36. The van der Waals surface area contributed by atoms with E-state index in [-0.39, 0.29) is 6.41 Å². The Morgan fingerprint density at radius 3 is 2.32 bits per heavy atom. The number of anilines is 3. The number of morpholine rings is 1. The van der Waals surface area contributed by atoms with Gasteiger partial charge < -0.3 is 26.0 Å². The molecule has 178 valence electrons. The summed E-state index contributed by atoms with van der Waals surface area (Å²) in [5.41, 5.74) is 16.2. The smallest absolute Gasteiger partial charge is 0.204 e. The molecular weight excluding hydrogens is 430 g/mol. The third kappa shape index (κ3) is 5.43. The van der Waals surface area contributed by atoms with Crippen molar-refractivity contribution in [3.8, 4) is 22.5 Å². The van der Waals surface area contributed by atoms with Crippen molar-refractivity contribution in [1.29, 1.82) is 0 Å². The van der Waals surface area contributed by atoms with Crippen LogP contribution < -0.4 is 21.3 Å². The number of aromatic nitrogens is 3. The lowest BCUT2D eigenvalue weighted by Gasteiger charge is -2.30. The van der Waals surface area contributed by atoms with E-state index in [1.165, 1.54) is 24.9 Å². The molecule has 4 heterocycles. The number of piperidine rings is 1. The Morgan fingerprint density at radius 2 is 1.62 bits per heavy atom. The van der Waals surface area contributed by atoms with E-state index in [0.717, 1.165) is 48.7 Å². The highest BCUT2D eigenvalue weighted by Gasteiger charge is 2.19. The van der Waals surface area contributed by atoms with Gasteiger partial charge in [0.15, 0.2) is 0 Å². The Bertz CT molecular complexity index is 1080. The molecule has 2 aliphatic heterocycles. The quantitative estimate of drug-likeness (QED) is 0.569.